The first-order chi connectivity index (χ1) is 14.3. The number of hydrogen-bond donors (Lipinski definition) is 1. The van der Waals surface area contributed by atoms with Crippen molar-refractivity contribution in [3.8, 4) is 11.4 Å². The Kier molecular flexibility index (Phi) is 6.41. The predicted molar refractivity (Wildman–Crippen MR) is 114 cm³/mol. The van der Waals surface area contributed by atoms with Crippen molar-refractivity contribution in [2.45, 2.75) is 33.1 Å². The van der Waals surface area contributed by atoms with Crippen LogP contribution in [0.2, 0.25) is 0 Å². The van der Waals surface area contributed by atoms with Gasteiger partial charge in [0, 0.05) is 43.6 Å². The fraction of sp³-hybridized carbons (Fsp3) is 0.435. The lowest BCUT2D eigenvalue weighted by molar-refractivity contribution is 0.0908. The molecule has 0 atom stereocenters. The molecule has 0 radical (unpaired) electrons. The minimum Gasteiger partial charge on any atom is -0.497 e. The maximum absolute atomic E-state index is 13.4. The summed E-state index contributed by atoms with van der Waals surface area (Å²) in [4.78, 5) is 39.0. The van der Waals surface area contributed by atoms with Crippen LogP contribution in [0.4, 0.5) is 0 Å². The van der Waals surface area contributed by atoms with Crippen LogP contribution >= 0.6 is 0 Å². The van der Waals surface area contributed by atoms with E-state index in [1.165, 1.54) is 10.6 Å². The van der Waals surface area contributed by atoms with Crippen molar-refractivity contribution in [1.82, 2.24) is 9.88 Å². The van der Waals surface area contributed by atoms with Crippen LogP contribution in [0.25, 0.3) is 5.69 Å². The van der Waals surface area contributed by atoms with Gasteiger partial charge in [0.2, 0.25) is 0 Å². The number of carbonyl (C=O) groups is 2. The fourth-order valence-corrected chi connectivity index (χ4v) is 3.79. The zero-order valence-electron chi connectivity index (χ0n) is 17.9. The van der Waals surface area contributed by atoms with E-state index in [1.54, 1.807) is 38.5 Å². The molecule has 1 aliphatic rings. The van der Waals surface area contributed by atoms with Crippen molar-refractivity contribution < 1.29 is 19.1 Å². The normalized spacial score (nSPS) is 14.9. The summed E-state index contributed by atoms with van der Waals surface area (Å²) in [7, 11) is 3.16. The summed E-state index contributed by atoms with van der Waals surface area (Å²) in [5.74, 6) is 0.111. The monoisotopic (exact) mass is 412 g/mol. The number of aromatic nitrogens is 1. The molecule has 0 unspecified atom stereocenters. The third-order valence-corrected chi connectivity index (χ3v) is 5.27. The minimum absolute atomic E-state index is 0.0324. The molecule has 1 aromatic carbocycles. The molecular formula is C23H28N2O5. The highest BCUT2D eigenvalue weighted by Crippen LogP contribution is 2.35. The number of fused-ring (bicyclic) bond motifs is 1. The summed E-state index contributed by atoms with van der Waals surface area (Å²) in [6.45, 7) is 4.90. The average Bonchev–Trinajstić information content (AvgIpc) is 2.70. The smallest absolute Gasteiger partial charge is 0.268 e. The second kappa shape index (κ2) is 8.83. The fourth-order valence-electron chi connectivity index (χ4n) is 3.79. The molecule has 160 valence electrons. The van der Waals surface area contributed by atoms with Crippen LogP contribution < -0.4 is 15.6 Å². The molecule has 0 spiro atoms. The first-order valence-electron chi connectivity index (χ1n) is 10.0. The topological polar surface area (TPSA) is 86.6 Å². The van der Waals surface area contributed by atoms with Gasteiger partial charge in [-0.15, -0.1) is 0 Å². The minimum atomic E-state index is -0.487. The lowest BCUT2D eigenvalue weighted by Gasteiger charge is -2.32. The number of methoxy groups -OCH3 is 2. The van der Waals surface area contributed by atoms with Crippen molar-refractivity contribution in [3.63, 3.8) is 0 Å². The van der Waals surface area contributed by atoms with Gasteiger partial charge in [-0.3, -0.25) is 19.0 Å². The molecule has 7 nitrogen and oxygen atoms in total. The highest BCUT2D eigenvalue weighted by molar-refractivity contribution is 6.02. The molecule has 0 saturated heterocycles. The van der Waals surface area contributed by atoms with E-state index in [2.05, 4.69) is 5.32 Å². The Morgan fingerprint density at radius 3 is 2.47 bits per heavy atom. The van der Waals surface area contributed by atoms with E-state index in [9.17, 15) is 14.4 Å². The zero-order valence-corrected chi connectivity index (χ0v) is 17.9. The lowest BCUT2D eigenvalue weighted by atomic mass is 9.75. The first-order valence-corrected chi connectivity index (χ1v) is 10.0. The molecule has 7 heteroatoms. The molecule has 0 fully saturated rings. The molecule has 1 heterocycles. The van der Waals surface area contributed by atoms with E-state index in [0.29, 0.717) is 55.1 Å². The highest BCUT2D eigenvalue weighted by atomic mass is 16.5. The molecule has 1 aliphatic carbocycles. The molecule has 1 amide bonds. The number of nitrogens with one attached hydrogen (secondary N) is 1. The molecule has 1 N–H and O–H groups in total. The van der Waals surface area contributed by atoms with Gasteiger partial charge in [0.05, 0.1) is 7.11 Å². The summed E-state index contributed by atoms with van der Waals surface area (Å²) in [5.41, 5.74) is 0.934. The van der Waals surface area contributed by atoms with Crippen LogP contribution in [0.3, 0.4) is 0 Å². The number of Topliss-reactive ketones (excluding diaryl/α,β-unsaturated/α-hetero) is 1. The number of carbonyl (C=O) groups excluding carboxylic acids is 2. The van der Waals surface area contributed by atoms with Crippen molar-refractivity contribution in [2.75, 3.05) is 27.4 Å². The first kappa shape index (κ1) is 21.8. The molecular weight excluding hydrogens is 384 g/mol. The Morgan fingerprint density at radius 2 is 1.83 bits per heavy atom. The summed E-state index contributed by atoms with van der Waals surface area (Å²) in [5, 5.41) is 2.75. The van der Waals surface area contributed by atoms with Gasteiger partial charge in [-0.05, 0) is 48.6 Å². The van der Waals surface area contributed by atoms with Crippen LogP contribution in [0, 0.1) is 5.41 Å². The summed E-state index contributed by atoms with van der Waals surface area (Å²) in [6, 6.07) is 8.48. The number of benzene rings is 1. The second-order valence-electron chi connectivity index (χ2n) is 8.30. The van der Waals surface area contributed by atoms with E-state index in [0.717, 1.165) is 0 Å². The number of rotatable bonds is 7. The molecule has 0 saturated carbocycles. The van der Waals surface area contributed by atoms with E-state index in [4.69, 9.17) is 9.47 Å². The molecule has 2 aromatic rings. The number of amides is 1. The number of ketones is 1. The Hall–Kier alpha value is -2.93. The van der Waals surface area contributed by atoms with E-state index in [-0.39, 0.29) is 16.8 Å². The predicted octanol–water partition coefficient (Wildman–Crippen LogP) is 2.77. The van der Waals surface area contributed by atoms with Crippen LogP contribution in [0.1, 0.15) is 53.1 Å². The molecule has 0 aliphatic heterocycles. The van der Waals surface area contributed by atoms with Crippen molar-refractivity contribution >= 4 is 11.7 Å². The Labute approximate surface area is 176 Å². The SMILES string of the molecule is COCCCNC(=O)c1cc2c(n(-c3ccc(OC)cc3)c1=O)CC(C)(C)CC2=O. The Bertz CT molecular complexity index is 1010. The van der Waals surface area contributed by atoms with Crippen LogP contribution in [0.5, 0.6) is 5.75 Å². The standard InChI is InChI=1S/C23H28N2O5/c1-23(2)13-19-17(20(26)14-23)12-18(21(27)24-10-5-11-29-3)22(28)25(19)15-6-8-16(30-4)9-7-15/h6-9,12H,5,10-11,13-14H2,1-4H3,(H,24,27). The number of pyridine rings is 1. The van der Waals surface area contributed by atoms with Gasteiger partial charge in [-0.2, -0.15) is 0 Å². The maximum Gasteiger partial charge on any atom is 0.268 e. The Morgan fingerprint density at radius 1 is 1.13 bits per heavy atom. The van der Waals surface area contributed by atoms with Crippen molar-refractivity contribution in [2.24, 2.45) is 5.41 Å². The zero-order chi connectivity index (χ0) is 21.9. The highest BCUT2D eigenvalue weighted by Gasteiger charge is 2.35. The van der Waals surface area contributed by atoms with Gasteiger partial charge in [0.15, 0.2) is 5.78 Å². The average molecular weight is 412 g/mol. The third kappa shape index (κ3) is 4.46. The van der Waals surface area contributed by atoms with Gasteiger partial charge in [0.1, 0.15) is 11.3 Å². The van der Waals surface area contributed by atoms with Crippen LogP contribution in [-0.4, -0.2) is 43.6 Å². The quantitative estimate of drug-likeness (QED) is 0.707. The van der Waals surface area contributed by atoms with E-state index in [1.807, 2.05) is 13.8 Å². The molecule has 30 heavy (non-hydrogen) atoms. The third-order valence-electron chi connectivity index (χ3n) is 5.27. The molecule has 1 aromatic heterocycles. The van der Waals surface area contributed by atoms with Gasteiger partial charge < -0.3 is 14.8 Å². The van der Waals surface area contributed by atoms with Crippen molar-refractivity contribution in [3.05, 3.63) is 57.5 Å². The van der Waals surface area contributed by atoms with E-state index >= 15 is 0 Å². The van der Waals surface area contributed by atoms with Gasteiger partial charge >= 0.3 is 0 Å². The number of ether oxygens (including phenoxy) is 2. The van der Waals surface area contributed by atoms with Gasteiger partial charge in [0.25, 0.3) is 11.5 Å². The van der Waals surface area contributed by atoms with Crippen LogP contribution in [-0.2, 0) is 11.2 Å². The lowest BCUT2D eigenvalue weighted by Crippen LogP contribution is -2.39. The molecule has 3 rings (SSSR count). The summed E-state index contributed by atoms with van der Waals surface area (Å²) in [6.07, 6.45) is 1.56. The summed E-state index contributed by atoms with van der Waals surface area (Å²) < 4.78 is 11.7. The van der Waals surface area contributed by atoms with Crippen LogP contribution in [0.15, 0.2) is 35.1 Å². The maximum atomic E-state index is 13.4. The van der Waals surface area contributed by atoms with Crippen molar-refractivity contribution in [1.29, 1.82) is 0 Å². The Balaban J connectivity index is 2.12. The number of nitrogens with zero attached hydrogens (tertiary/aromatic N) is 1. The van der Waals surface area contributed by atoms with Gasteiger partial charge in [-0.1, -0.05) is 13.8 Å². The number of hydrogen-bond acceptors (Lipinski definition) is 5. The molecule has 0 bridgehead atoms. The second-order valence-corrected chi connectivity index (χ2v) is 8.30. The van der Waals surface area contributed by atoms with Gasteiger partial charge in [-0.25, -0.2) is 0 Å². The largest absolute Gasteiger partial charge is 0.497 e. The van der Waals surface area contributed by atoms with E-state index < -0.39 is 11.5 Å². The summed E-state index contributed by atoms with van der Waals surface area (Å²) >= 11 is 0.